The van der Waals surface area contributed by atoms with Crippen molar-refractivity contribution in [2.24, 2.45) is 0 Å². The van der Waals surface area contributed by atoms with Crippen LogP contribution in [0.4, 0.5) is 0 Å². The number of nitrogens with zero attached hydrogens (tertiary/aromatic N) is 1. The highest BCUT2D eigenvalue weighted by molar-refractivity contribution is 7.83. The summed E-state index contributed by atoms with van der Waals surface area (Å²) >= 11 is 0. The summed E-state index contributed by atoms with van der Waals surface area (Å²) in [6.45, 7) is 1.61. The Kier molecular flexibility index (Phi) is 6.19. The van der Waals surface area contributed by atoms with Crippen LogP contribution in [-0.4, -0.2) is 21.7 Å². The van der Waals surface area contributed by atoms with E-state index in [0.29, 0.717) is 4.90 Å². The Morgan fingerprint density at radius 1 is 1.17 bits per heavy atom. The maximum Gasteiger partial charge on any atom is 0.223 e. The van der Waals surface area contributed by atoms with Crippen molar-refractivity contribution < 1.29 is 9.13 Å². The van der Waals surface area contributed by atoms with E-state index in [-0.39, 0.29) is 6.54 Å². The summed E-state index contributed by atoms with van der Waals surface area (Å²) in [6.07, 6.45) is 3.46. The Bertz CT molecular complexity index is 700. The molecule has 5 nitrogen and oxygen atoms in total. The fraction of sp³-hybridized carbons (Fsp3) is 0.176. The van der Waals surface area contributed by atoms with E-state index < -0.39 is 22.0 Å². The highest BCUT2D eigenvalue weighted by Gasteiger charge is 2.15. The van der Waals surface area contributed by atoms with E-state index in [1.165, 1.54) is 0 Å². The zero-order chi connectivity index (χ0) is 16.7. The molecule has 0 radical (unpaired) electrons. The van der Waals surface area contributed by atoms with Crippen LogP contribution in [0.15, 0.2) is 65.6 Å². The average Bonchev–Trinajstić information content (AvgIpc) is 2.53. The van der Waals surface area contributed by atoms with Crippen molar-refractivity contribution in [1.82, 2.24) is 4.72 Å². The van der Waals surface area contributed by atoms with Crippen LogP contribution >= 0.6 is 0 Å². The maximum absolute atomic E-state index is 12.3. The molecule has 0 bridgehead atoms. The molecule has 2 rings (SSSR count). The molecule has 0 saturated heterocycles. The Hall–Kier alpha value is -2.31. The summed E-state index contributed by atoms with van der Waals surface area (Å²) < 4.78 is 15.1. The lowest BCUT2D eigenvalue weighted by Crippen LogP contribution is -2.35. The van der Waals surface area contributed by atoms with Gasteiger partial charge in [-0.15, -0.1) is 0 Å². The van der Waals surface area contributed by atoms with Gasteiger partial charge in [0.1, 0.15) is 17.0 Å². The summed E-state index contributed by atoms with van der Waals surface area (Å²) in [5.74, 6) is 0. The standard InChI is InChI=1S/C17H18N2O3S/c1-14-7-11-17(12-8-14)23(22)18-16(13-19(20)21)10-9-15-5-3-2-4-6-15/h2-12,16,18H,13H2,1H3/b10-9+/t16-,23-/m0/s1. The van der Waals surface area contributed by atoms with Crippen LogP contribution in [-0.2, 0) is 11.0 Å². The number of benzene rings is 2. The Morgan fingerprint density at radius 3 is 2.43 bits per heavy atom. The van der Waals surface area contributed by atoms with Gasteiger partial charge in [-0.05, 0) is 24.6 Å². The van der Waals surface area contributed by atoms with Crippen LogP contribution < -0.4 is 4.72 Å². The highest BCUT2D eigenvalue weighted by atomic mass is 32.2. The molecule has 2 aromatic carbocycles. The summed E-state index contributed by atoms with van der Waals surface area (Å²) in [6, 6.07) is 16.1. The van der Waals surface area contributed by atoms with Gasteiger partial charge in [0, 0.05) is 4.92 Å². The maximum atomic E-state index is 12.3. The minimum absolute atomic E-state index is 0.332. The third-order valence-corrected chi connectivity index (χ3v) is 4.38. The van der Waals surface area contributed by atoms with Gasteiger partial charge >= 0.3 is 0 Å². The first-order valence-corrected chi connectivity index (χ1v) is 8.29. The molecular weight excluding hydrogens is 312 g/mol. The second-order valence-electron chi connectivity index (χ2n) is 5.09. The molecule has 0 unspecified atom stereocenters. The van der Waals surface area contributed by atoms with Crippen LogP contribution in [0.3, 0.4) is 0 Å². The molecule has 0 fully saturated rings. The highest BCUT2D eigenvalue weighted by Crippen LogP contribution is 2.08. The second-order valence-corrected chi connectivity index (χ2v) is 6.34. The van der Waals surface area contributed by atoms with E-state index in [2.05, 4.69) is 4.72 Å². The molecule has 0 amide bonds. The number of nitro groups is 1. The number of rotatable bonds is 7. The van der Waals surface area contributed by atoms with Gasteiger partial charge in [0.15, 0.2) is 0 Å². The SMILES string of the molecule is Cc1ccc([S@](=O)N[C@@H](/C=C/c2ccccc2)C[N+](=O)[O-])cc1. The van der Waals surface area contributed by atoms with Crippen molar-refractivity contribution in [3.8, 4) is 0 Å². The van der Waals surface area contributed by atoms with Crippen molar-refractivity contribution in [2.45, 2.75) is 17.9 Å². The van der Waals surface area contributed by atoms with E-state index in [1.807, 2.05) is 49.4 Å². The third kappa shape index (κ3) is 5.77. The summed E-state index contributed by atoms with van der Waals surface area (Å²) in [5.41, 5.74) is 2.00. The minimum atomic E-state index is -1.50. The van der Waals surface area contributed by atoms with Crippen molar-refractivity contribution in [1.29, 1.82) is 0 Å². The first kappa shape index (κ1) is 17.1. The smallest absolute Gasteiger partial charge is 0.223 e. The average molecular weight is 330 g/mol. The van der Waals surface area contributed by atoms with Crippen LogP contribution in [0.5, 0.6) is 0 Å². The summed E-state index contributed by atoms with van der Waals surface area (Å²) in [7, 11) is -1.50. The van der Waals surface area contributed by atoms with Gasteiger partial charge in [0.2, 0.25) is 6.54 Å². The van der Waals surface area contributed by atoms with Gasteiger partial charge in [-0.1, -0.05) is 60.2 Å². The van der Waals surface area contributed by atoms with E-state index in [4.69, 9.17) is 0 Å². The molecule has 6 heteroatoms. The predicted octanol–water partition coefficient (Wildman–Crippen LogP) is 2.97. The zero-order valence-electron chi connectivity index (χ0n) is 12.7. The van der Waals surface area contributed by atoms with E-state index in [0.717, 1.165) is 11.1 Å². The molecule has 2 aromatic rings. The summed E-state index contributed by atoms with van der Waals surface area (Å²) in [4.78, 5) is 11.0. The lowest BCUT2D eigenvalue weighted by molar-refractivity contribution is -0.481. The van der Waals surface area contributed by atoms with E-state index in [9.17, 15) is 14.3 Å². The molecule has 23 heavy (non-hydrogen) atoms. The lowest BCUT2D eigenvalue weighted by atomic mass is 10.2. The van der Waals surface area contributed by atoms with Crippen molar-refractivity contribution in [3.63, 3.8) is 0 Å². The van der Waals surface area contributed by atoms with Gasteiger partial charge in [0.25, 0.3) is 0 Å². The van der Waals surface area contributed by atoms with Gasteiger partial charge in [-0.2, -0.15) is 0 Å². The molecule has 0 spiro atoms. The van der Waals surface area contributed by atoms with Gasteiger partial charge in [0.05, 0.1) is 4.90 Å². The van der Waals surface area contributed by atoms with Crippen molar-refractivity contribution in [3.05, 3.63) is 81.9 Å². The molecule has 0 aromatic heterocycles. The van der Waals surface area contributed by atoms with Gasteiger partial charge < -0.3 is 0 Å². The first-order valence-electron chi connectivity index (χ1n) is 7.14. The largest absolute Gasteiger partial charge is 0.264 e. The molecule has 0 heterocycles. The van der Waals surface area contributed by atoms with E-state index >= 15 is 0 Å². The quantitative estimate of drug-likeness (QED) is 0.626. The van der Waals surface area contributed by atoms with Crippen molar-refractivity contribution in [2.75, 3.05) is 6.54 Å². The fourth-order valence-electron chi connectivity index (χ4n) is 1.96. The summed E-state index contributed by atoms with van der Waals surface area (Å²) in [5, 5.41) is 10.8. The van der Waals surface area contributed by atoms with Gasteiger partial charge in [-0.3, -0.25) is 10.1 Å². The minimum Gasteiger partial charge on any atom is -0.264 e. The number of aryl methyl sites for hydroxylation is 1. The lowest BCUT2D eigenvalue weighted by Gasteiger charge is -2.11. The van der Waals surface area contributed by atoms with Crippen LogP contribution in [0.2, 0.25) is 0 Å². The topological polar surface area (TPSA) is 72.2 Å². The molecule has 0 saturated carbocycles. The zero-order valence-corrected chi connectivity index (χ0v) is 13.5. The Morgan fingerprint density at radius 2 is 1.83 bits per heavy atom. The molecule has 1 N–H and O–H groups in total. The molecule has 0 aliphatic carbocycles. The fourth-order valence-corrected chi connectivity index (χ4v) is 2.90. The third-order valence-electron chi connectivity index (χ3n) is 3.16. The molecule has 2 atom stereocenters. The molecule has 0 aliphatic rings. The monoisotopic (exact) mass is 330 g/mol. The predicted molar refractivity (Wildman–Crippen MR) is 91.8 cm³/mol. The molecular formula is C17H18N2O3S. The number of hydrogen-bond acceptors (Lipinski definition) is 3. The normalized spacial score (nSPS) is 13.8. The van der Waals surface area contributed by atoms with Crippen molar-refractivity contribution >= 4 is 17.1 Å². The van der Waals surface area contributed by atoms with Crippen LogP contribution in [0.1, 0.15) is 11.1 Å². The van der Waals surface area contributed by atoms with Crippen LogP contribution in [0.25, 0.3) is 6.08 Å². The molecule has 120 valence electrons. The van der Waals surface area contributed by atoms with E-state index in [1.54, 1.807) is 24.3 Å². The van der Waals surface area contributed by atoms with Gasteiger partial charge in [-0.25, -0.2) is 8.93 Å². The first-order chi connectivity index (χ1) is 11.0. The molecule has 0 aliphatic heterocycles. The number of nitrogens with one attached hydrogen (secondary N) is 1. The number of hydrogen-bond donors (Lipinski definition) is 1. The van der Waals surface area contributed by atoms with Crippen LogP contribution in [0, 0.1) is 17.0 Å². The Balaban J connectivity index is 2.09. The Labute approximate surface area is 137 Å². The second kappa shape index (κ2) is 8.36.